The number of nitrogens with two attached hydrogens (primary N) is 1. The molecule has 0 aromatic heterocycles. The summed E-state index contributed by atoms with van der Waals surface area (Å²) in [6.07, 6.45) is 0. The Kier molecular flexibility index (Phi) is 3.10. The molecule has 0 saturated heterocycles. The highest BCUT2D eigenvalue weighted by Crippen LogP contribution is 2.19. The van der Waals surface area contributed by atoms with Crippen LogP contribution < -0.4 is 5.73 Å². The van der Waals surface area contributed by atoms with Crippen LogP contribution in [-0.2, 0) is 9.84 Å². The summed E-state index contributed by atoms with van der Waals surface area (Å²) in [7, 11) is -3.52. The second-order valence-corrected chi connectivity index (χ2v) is 5.11. The molecule has 14 heavy (non-hydrogen) atoms. The van der Waals surface area contributed by atoms with Gasteiger partial charge in [-0.25, -0.2) is 12.8 Å². The summed E-state index contributed by atoms with van der Waals surface area (Å²) in [6.45, 7) is 0.779. The first-order chi connectivity index (χ1) is 6.47. The molecule has 0 atom stereocenters. The van der Waals surface area contributed by atoms with Crippen molar-refractivity contribution < 1.29 is 12.8 Å². The van der Waals surface area contributed by atoms with Crippen molar-refractivity contribution in [3.8, 4) is 0 Å². The Morgan fingerprint density at radius 1 is 1.43 bits per heavy atom. The summed E-state index contributed by atoms with van der Waals surface area (Å²) < 4.78 is 35.0. The maximum absolute atomic E-state index is 12.0. The van der Waals surface area contributed by atoms with Gasteiger partial charge in [-0.1, -0.05) is 6.07 Å². The number of hydrogen-bond acceptors (Lipinski definition) is 3. The van der Waals surface area contributed by atoms with E-state index in [-0.39, 0.29) is 4.90 Å². The van der Waals surface area contributed by atoms with Crippen molar-refractivity contribution in [3.05, 3.63) is 23.8 Å². The molecule has 0 bridgehead atoms. The van der Waals surface area contributed by atoms with E-state index in [4.69, 9.17) is 5.73 Å². The van der Waals surface area contributed by atoms with Gasteiger partial charge in [0.1, 0.15) is 6.67 Å². The van der Waals surface area contributed by atoms with Crippen LogP contribution in [0.4, 0.5) is 10.1 Å². The molecule has 5 heteroatoms. The minimum atomic E-state index is -3.52. The predicted octanol–water partition coefficient (Wildman–Crippen LogP) is 1.32. The molecule has 0 heterocycles. The highest BCUT2D eigenvalue weighted by atomic mass is 32.2. The van der Waals surface area contributed by atoms with Gasteiger partial charge in [0.15, 0.2) is 9.84 Å². The molecule has 0 aliphatic carbocycles. The van der Waals surface area contributed by atoms with Gasteiger partial charge in [-0.15, -0.1) is 0 Å². The molecule has 2 N–H and O–H groups in total. The quantitative estimate of drug-likeness (QED) is 0.777. The molecule has 0 unspecified atom stereocenters. The van der Waals surface area contributed by atoms with E-state index in [2.05, 4.69) is 0 Å². The molecule has 3 nitrogen and oxygen atoms in total. The molecule has 78 valence electrons. The van der Waals surface area contributed by atoms with Crippen LogP contribution >= 0.6 is 0 Å². The number of halogens is 1. The smallest absolute Gasteiger partial charge is 0.181 e. The van der Waals surface area contributed by atoms with E-state index in [9.17, 15) is 12.8 Å². The van der Waals surface area contributed by atoms with Gasteiger partial charge in [-0.05, 0) is 24.6 Å². The fraction of sp³-hybridized carbons (Fsp3) is 0.333. The van der Waals surface area contributed by atoms with E-state index in [1.165, 1.54) is 6.07 Å². The molecular formula is C9H12FNO2S. The minimum absolute atomic E-state index is 0.121. The zero-order chi connectivity index (χ0) is 10.8. The first-order valence-corrected chi connectivity index (χ1v) is 5.77. The number of rotatable bonds is 3. The van der Waals surface area contributed by atoms with Crippen LogP contribution in [0, 0.1) is 6.92 Å². The molecule has 0 fully saturated rings. The fourth-order valence-corrected chi connectivity index (χ4v) is 2.46. The number of benzene rings is 1. The summed E-state index contributed by atoms with van der Waals surface area (Å²) in [6, 6.07) is 4.59. The van der Waals surface area contributed by atoms with Crippen molar-refractivity contribution in [2.75, 3.05) is 18.2 Å². The van der Waals surface area contributed by atoms with Crippen molar-refractivity contribution >= 4 is 15.5 Å². The van der Waals surface area contributed by atoms with Crippen molar-refractivity contribution in [2.24, 2.45) is 0 Å². The average molecular weight is 217 g/mol. The second-order valence-electron chi connectivity index (χ2n) is 3.03. The number of nitrogen functional groups attached to an aromatic ring is 1. The molecule has 1 aromatic rings. The van der Waals surface area contributed by atoms with Crippen molar-refractivity contribution in [3.63, 3.8) is 0 Å². The Labute approximate surface area is 82.7 Å². The number of aryl methyl sites for hydroxylation is 1. The van der Waals surface area contributed by atoms with E-state index in [0.29, 0.717) is 11.3 Å². The normalized spacial score (nSPS) is 11.6. The molecular weight excluding hydrogens is 205 g/mol. The van der Waals surface area contributed by atoms with E-state index >= 15 is 0 Å². The van der Waals surface area contributed by atoms with E-state index < -0.39 is 22.3 Å². The van der Waals surface area contributed by atoms with Gasteiger partial charge < -0.3 is 5.73 Å². The Bertz CT molecular complexity index is 428. The fourth-order valence-electron chi connectivity index (χ4n) is 1.16. The Balaban J connectivity index is 3.25. The third kappa shape index (κ3) is 2.23. The summed E-state index contributed by atoms with van der Waals surface area (Å²) in [5.41, 5.74) is 6.42. The lowest BCUT2D eigenvalue weighted by molar-refractivity contribution is 0.517. The lowest BCUT2D eigenvalue weighted by Gasteiger charge is -2.06. The number of anilines is 1. The van der Waals surface area contributed by atoms with Gasteiger partial charge >= 0.3 is 0 Å². The largest absolute Gasteiger partial charge is 0.399 e. The molecule has 0 radical (unpaired) electrons. The van der Waals surface area contributed by atoms with Crippen LogP contribution in [0.1, 0.15) is 5.56 Å². The Morgan fingerprint density at radius 2 is 2.07 bits per heavy atom. The standard InChI is InChI=1S/C9H12FNO2S/c1-7-2-3-8(11)6-9(7)14(12,13)5-4-10/h2-3,6H,4-5,11H2,1H3. The van der Waals surface area contributed by atoms with E-state index in [1.54, 1.807) is 19.1 Å². The van der Waals surface area contributed by atoms with Crippen molar-refractivity contribution in [1.82, 2.24) is 0 Å². The zero-order valence-electron chi connectivity index (χ0n) is 7.83. The molecule has 0 aliphatic heterocycles. The summed E-state index contributed by atoms with van der Waals surface area (Å²) in [5, 5.41) is 0. The first kappa shape index (κ1) is 11.0. The zero-order valence-corrected chi connectivity index (χ0v) is 8.64. The van der Waals surface area contributed by atoms with Gasteiger partial charge in [0.25, 0.3) is 0 Å². The molecule has 1 rings (SSSR count). The van der Waals surface area contributed by atoms with E-state index in [1.807, 2.05) is 0 Å². The third-order valence-electron chi connectivity index (χ3n) is 1.89. The second kappa shape index (κ2) is 3.96. The summed E-state index contributed by atoms with van der Waals surface area (Å²) in [4.78, 5) is 0.121. The molecule has 0 spiro atoms. The van der Waals surface area contributed by atoms with Crippen LogP contribution in [0.5, 0.6) is 0 Å². The van der Waals surface area contributed by atoms with Crippen LogP contribution in [0.25, 0.3) is 0 Å². The topological polar surface area (TPSA) is 60.2 Å². The molecule has 1 aromatic carbocycles. The lowest BCUT2D eigenvalue weighted by Crippen LogP contribution is -2.10. The molecule has 0 amide bonds. The van der Waals surface area contributed by atoms with Gasteiger partial charge in [0, 0.05) is 5.69 Å². The highest BCUT2D eigenvalue weighted by molar-refractivity contribution is 7.91. The SMILES string of the molecule is Cc1ccc(N)cc1S(=O)(=O)CCF. The average Bonchev–Trinajstić information content (AvgIpc) is 2.09. The highest BCUT2D eigenvalue weighted by Gasteiger charge is 2.16. The maximum Gasteiger partial charge on any atom is 0.181 e. The Morgan fingerprint density at radius 3 is 2.64 bits per heavy atom. The molecule has 0 saturated carbocycles. The summed E-state index contributed by atoms with van der Waals surface area (Å²) in [5.74, 6) is -0.489. The van der Waals surface area contributed by atoms with Crippen LogP contribution in [0.3, 0.4) is 0 Å². The number of hydrogen-bond donors (Lipinski definition) is 1. The summed E-state index contributed by atoms with van der Waals surface area (Å²) >= 11 is 0. The molecule has 0 aliphatic rings. The van der Waals surface area contributed by atoms with Crippen molar-refractivity contribution in [1.29, 1.82) is 0 Å². The first-order valence-electron chi connectivity index (χ1n) is 4.12. The lowest BCUT2D eigenvalue weighted by atomic mass is 10.2. The van der Waals surface area contributed by atoms with E-state index in [0.717, 1.165) is 0 Å². The predicted molar refractivity (Wildman–Crippen MR) is 53.6 cm³/mol. The van der Waals surface area contributed by atoms with Crippen LogP contribution in [-0.4, -0.2) is 20.8 Å². The maximum atomic E-state index is 12.0. The van der Waals surface area contributed by atoms with Crippen LogP contribution in [0.15, 0.2) is 23.1 Å². The van der Waals surface area contributed by atoms with Gasteiger partial charge in [0.05, 0.1) is 10.6 Å². The van der Waals surface area contributed by atoms with Gasteiger partial charge in [0.2, 0.25) is 0 Å². The van der Waals surface area contributed by atoms with Gasteiger partial charge in [-0.2, -0.15) is 0 Å². The van der Waals surface area contributed by atoms with Gasteiger partial charge in [-0.3, -0.25) is 0 Å². The Hall–Kier alpha value is -1.10. The number of sulfone groups is 1. The van der Waals surface area contributed by atoms with Crippen LogP contribution in [0.2, 0.25) is 0 Å². The minimum Gasteiger partial charge on any atom is -0.399 e. The third-order valence-corrected chi connectivity index (χ3v) is 3.69. The van der Waals surface area contributed by atoms with Crippen molar-refractivity contribution in [2.45, 2.75) is 11.8 Å². The number of alkyl halides is 1. The monoisotopic (exact) mass is 217 g/mol.